The number of H-pyrrole nitrogens is 1. The van der Waals surface area contributed by atoms with Crippen molar-refractivity contribution in [1.82, 2.24) is 9.55 Å². The Kier molecular flexibility index (Phi) is 6.45. The molecule has 0 spiro atoms. The fourth-order valence-electron chi connectivity index (χ4n) is 5.35. The smallest absolute Gasteiger partial charge is 0.330 e. The van der Waals surface area contributed by atoms with Gasteiger partial charge in [-0.1, -0.05) is 91.0 Å². The van der Waals surface area contributed by atoms with Crippen molar-refractivity contribution in [1.29, 1.82) is 0 Å². The standard InChI is InChI=1S/C29H29N3O4/c1-19-18-32(28(35)31-27(19)34)24-17-23(30)25(36-24)26(33)29(20-11-5-2-6-12-20,21-13-7-3-8-14-21)22-15-9-4-10-16-22/h2-16,18,23-26,33H,17,30H2,1H3,(H,31,34,35)/t23-,24+,25-,26?/m0/s1. The van der Waals surface area contributed by atoms with Gasteiger partial charge in [-0.3, -0.25) is 14.3 Å². The fraction of sp³-hybridized carbons (Fsp3) is 0.241. The Morgan fingerprint density at radius 2 is 1.39 bits per heavy atom. The van der Waals surface area contributed by atoms with Crippen LogP contribution in [0.25, 0.3) is 0 Å². The van der Waals surface area contributed by atoms with E-state index in [0.717, 1.165) is 16.7 Å². The van der Waals surface area contributed by atoms with E-state index in [1.807, 2.05) is 91.0 Å². The molecule has 1 aliphatic heterocycles. The van der Waals surface area contributed by atoms with Gasteiger partial charge in [0.1, 0.15) is 12.3 Å². The third-order valence-corrected chi connectivity index (χ3v) is 7.11. The van der Waals surface area contributed by atoms with E-state index < -0.39 is 41.1 Å². The molecule has 7 nitrogen and oxygen atoms in total. The number of aryl methyl sites for hydroxylation is 1. The molecule has 1 saturated heterocycles. The Morgan fingerprint density at radius 3 is 1.86 bits per heavy atom. The molecule has 0 amide bonds. The molecule has 0 bridgehead atoms. The van der Waals surface area contributed by atoms with E-state index in [0.29, 0.717) is 12.0 Å². The summed E-state index contributed by atoms with van der Waals surface area (Å²) in [5.41, 5.74) is 7.66. The Balaban J connectivity index is 1.66. The van der Waals surface area contributed by atoms with E-state index in [-0.39, 0.29) is 0 Å². The lowest BCUT2D eigenvalue weighted by atomic mass is 9.64. The lowest BCUT2D eigenvalue weighted by Gasteiger charge is -2.43. The number of hydrogen-bond acceptors (Lipinski definition) is 5. The van der Waals surface area contributed by atoms with Crippen molar-refractivity contribution in [3.63, 3.8) is 0 Å². The van der Waals surface area contributed by atoms with Crippen molar-refractivity contribution in [3.8, 4) is 0 Å². The molecule has 0 saturated carbocycles. The van der Waals surface area contributed by atoms with Crippen LogP contribution in [0.1, 0.15) is 34.9 Å². The van der Waals surface area contributed by atoms with E-state index in [1.54, 1.807) is 6.92 Å². The lowest BCUT2D eigenvalue weighted by Crippen LogP contribution is -2.53. The van der Waals surface area contributed by atoms with Gasteiger partial charge in [0.25, 0.3) is 5.56 Å². The maximum Gasteiger partial charge on any atom is 0.330 e. The first kappa shape index (κ1) is 23.9. The predicted molar refractivity (Wildman–Crippen MR) is 138 cm³/mol. The van der Waals surface area contributed by atoms with Crippen molar-refractivity contribution in [2.24, 2.45) is 5.73 Å². The summed E-state index contributed by atoms with van der Waals surface area (Å²) in [6, 6.07) is 28.9. The first-order chi connectivity index (χ1) is 17.4. The summed E-state index contributed by atoms with van der Waals surface area (Å²) in [5.74, 6) is 0. The van der Waals surface area contributed by atoms with Gasteiger partial charge in [-0.15, -0.1) is 0 Å². The molecule has 36 heavy (non-hydrogen) atoms. The number of aromatic nitrogens is 2. The minimum Gasteiger partial charge on any atom is -0.389 e. The molecular formula is C29H29N3O4. The second-order valence-corrected chi connectivity index (χ2v) is 9.28. The molecule has 0 radical (unpaired) electrons. The van der Waals surface area contributed by atoms with E-state index in [9.17, 15) is 14.7 Å². The van der Waals surface area contributed by atoms with Gasteiger partial charge in [0.2, 0.25) is 0 Å². The van der Waals surface area contributed by atoms with E-state index in [4.69, 9.17) is 10.5 Å². The third kappa shape index (κ3) is 4.01. The van der Waals surface area contributed by atoms with Gasteiger partial charge in [-0.2, -0.15) is 0 Å². The van der Waals surface area contributed by atoms with Crippen LogP contribution in [0.3, 0.4) is 0 Å². The molecule has 4 N–H and O–H groups in total. The molecule has 4 atom stereocenters. The zero-order valence-corrected chi connectivity index (χ0v) is 20.0. The van der Waals surface area contributed by atoms with Crippen LogP contribution in [0.15, 0.2) is 107 Å². The van der Waals surface area contributed by atoms with Crippen molar-refractivity contribution >= 4 is 0 Å². The van der Waals surface area contributed by atoms with Crippen molar-refractivity contribution in [2.45, 2.75) is 43.2 Å². The average Bonchev–Trinajstić information content (AvgIpc) is 3.29. The highest BCUT2D eigenvalue weighted by molar-refractivity contribution is 5.52. The lowest BCUT2D eigenvalue weighted by molar-refractivity contribution is -0.0787. The molecule has 3 aromatic carbocycles. The van der Waals surface area contributed by atoms with Crippen molar-refractivity contribution in [2.75, 3.05) is 0 Å². The number of nitrogens with one attached hydrogen (secondary N) is 1. The van der Waals surface area contributed by atoms with Gasteiger partial charge in [0.15, 0.2) is 0 Å². The first-order valence-electron chi connectivity index (χ1n) is 12.0. The predicted octanol–water partition coefficient (Wildman–Crippen LogP) is 2.86. The quantitative estimate of drug-likeness (QED) is 0.365. The summed E-state index contributed by atoms with van der Waals surface area (Å²) >= 11 is 0. The van der Waals surface area contributed by atoms with E-state index in [2.05, 4.69) is 4.98 Å². The molecule has 7 heteroatoms. The number of aliphatic hydroxyl groups excluding tert-OH is 1. The maximum absolute atomic E-state index is 12.5. The van der Waals surface area contributed by atoms with Gasteiger partial charge in [0.05, 0.1) is 11.5 Å². The molecule has 184 valence electrons. The zero-order chi connectivity index (χ0) is 25.3. The summed E-state index contributed by atoms with van der Waals surface area (Å²) in [7, 11) is 0. The Morgan fingerprint density at radius 1 is 0.917 bits per heavy atom. The fourth-order valence-corrected chi connectivity index (χ4v) is 5.35. The van der Waals surface area contributed by atoms with Crippen LogP contribution in [0.4, 0.5) is 0 Å². The minimum atomic E-state index is -1.09. The topological polar surface area (TPSA) is 110 Å². The molecule has 4 aromatic rings. The molecule has 5 rings (SSSR count). The SMILES string of the molecule is Cc1cn([C@H]2C[C@H](N)[C@@H](C(O)C(c3ccccc3)(c3ccccc3)c3ccccc3)O2)c(=O)[nH]c1=O. The number of benzene rings is 3. The number of hydrogen-bond donors (Lipinski definition) is 3. The van der Waals surface area contributed by atoms with Gasteiger partial charge >= 0.3 is 5.69 Å². The van der Waals surface area contributed by atoms with Crippen LogP contribution in [0.5, 0.6) is 0 Å². The normalized spacial score (nSPS) is 20.8. The summed E-state index contributed by atoms with van der Waals surface area (Å²) in [5, 5.41) is 12.3. The van der Waals surface area contributed by atoms with Crippen LogP contribution in [0, 0.1) is 6.92 Å². The van der Waals surface area contributed by atoms with Crippen LogP contribution >= 0.6 is 0 Å². The van der Waals surface area contributed by atoms with Crippen LogP contribution in [-0.4, -0.2) is 32.9 Å². The van der Waals surface area contributed by atoms with Gasteiger partial charge in [0, 0.05) is 24.2 Å². The molecular weight excluding hydrogens is 454 g/mol. The Hall–Kier alpha value is -3.78. The number of rotatable bonds is 6. The van der Waals surface area contributed by atoms with Crippen molar-refractivity contribution in [3.05, 3.63) is 140 Å². The largest absolute Gasteiger partial charge is 0.389 e. The molecule has 0 aliphatic carbocycles. The number of nitrogens with zero attached hydrogens (tertiary/aromatic N) is 1. The minimum absolute atomic E-state index is 0.307. The van der Waals surface area contributed by atoms with Gasteiger partial charge in [-0.05, 0) is 23.6 Å². The molecule has 1 aliphatic rings. The molecule has 1 fully saturated rings. The summed E-state index contributed by atoms with van der Waals surface area (Å²) in [6.07, 6.45) is -0.824. The highest BCUT2D eigenvalue weighted by Gasteiger charge is 2.51. The van der Waals surface area contributed by atoms with Crippen LogP contribution in [0.2, 0.25) is 0 Å². The summed E-state index contributed by atoms with van der Waals surface area (Å²) < 4.78 is 7.68. The molecule has 1 aromatic heterocycles. The number of nitrogens with two attached hydrogens (primary N) is 1. The first-order valence-corrected chi connectivity index (χ1v) is 12.0. The second kappa shape index (κ2) is 9.70. The second-order valence-electron chi connectivity index (χ2n) is 9.28. The van der Waals surface area contributed by atoms with E-state index in [1.165, 1.54) is 10.8 Å². The number of ether oxygens (including phenoxy) is 1. The highest BCUT2D eigenvalue weighted by atomic mass is 16.5. The Labute approximate surface area is 208 Å². The van der Waals surface area contributed by atoms with E-state index >= 15 is 0 Å². The monoisotopic (exact) mass is 483 g/mol. The van der Waals surface area contributed by atoms with Crippen LogP contribution in [-0.2, 0) is 10.2 Å². The summed E-state index contributed by atoms with van der Waals surface area (Å²) in [4.78, 5) is 26.7. The zero-order valence-electron chi connectivity index (χ0n) is 20.0. The maximum atomic E-state index is 12.5. The van der Waals surface area contributed by atoms with Gasteiger partial charge in [-0.25, -0.2) is 4.79 Å². The Bertz CT molecular complexity index is 1340. The van der Waals surface area contributed by atoms with Gasteiger partial charge < -0.3 is 15.6 Å². The van der Waals surface area contributed by atoms with Crippen molar-refractivity contribution < 1.29 is 9.84 Å². The molecule has 1 unspecified atom stereocenters. The highest BCUT2D eigenvalue weighted by Crippen LogP contribution is 2.46. The number of aliphatic hydroxyl groups is 1. The number of aromatic amines is 1. The average molecular weight is 484 g/mol. The van der Waals surface area contributed by atoms with Crippen LogP contribution < -0.4 is 17.0 Å². The third-order valence-electron chi connectivity index (χ3n) is 7.11. The molecule has 2 heterocycles. The summed E-state index contributed by atoms with van der Waals surface area (Å²) in [6.45, 7) is 1.63.